The van der Waals surface area contributed by atoms with Gasteiger partial charge in [-0.1, -0.05) is 6.07 Å². The summed E-state index contributed by atoms with van der Waals surface area (Å²) in [5, 5.41) is 0.911. The fourth-order valence-corrected chi connectivity index (χ4v) is 2.23. The number of ether oxygens (including phenoxy) is 1. The Balaban J connectivity index is 2.18. The van der Waals surface area contributed by atoms with Crippen LogP contribution >= 0.6 is 7.82 Å². The van der Waals surface area contributed by atoms with Gasteiger partial charge in [0.2, 0.25) is 0 Å². The van der Waals surface area contributed by atoms with Crippen molar-refractivity contribution in [2.45, 2.75) is 6.42 Å². The molecular weight excluding hydrogens is 295 g/mol. The van der Waals surface area contributed by atoms with Gasteiger partial charge in [-0.15, -0.1) is 0 Å². The van der Waals surface area contributed by atoms with Crippen LogP contribution in [0.25, 0.3) is 10.9 Å². The second-order valence-electron chi connectivity index (χ2n) is 4.93. The first kappa shape index (κ1) is 16.0. The van der Waals surface area contributed by atoms with E-state index in [2.05, 4.69) is 14.4 Å². The molecule has 0 bridgehead atoms. The number of aromatic amines is 1. The van der Waals surface area contributed by atoms with Crippen molar-refractivity contribution in [3.63, 3.8) is 0 Å². The molecule has 0 radical (unpaired) electrons. The second kappa shape index (κ2) is 6.60. The first-order valence-electron chi connectivity index (χ1n) is 6.43. The topological polar surface area (TPSA) is 95.0 Å². The van der Waals surface area contributed by atoms with Crippen molar-refractivity contribution in [3.8, 4) is 5.75 Å². The largest absolute Gasteiger partial charge is 0.472 e. The molecule has 7 nitrogen and oxygen atoms in total. The Hall–Kier alpha value is -1.37. The maximum absolute atomic E-state index is 10.7. The van der Waals surface area contributed by atoms with Gasteiger partial charge in [-0.05, 0) is 38.2 Å². The minimum absolute atomic E-state index is 0.498. The lowest BCUT2D eigenvalue weighted by Crippen LogP contribution is -2.14. The van der Waals surface area contributed by atoms with E-state index in [-0.39, 0.29) is 0 Å². The van der Waals surface area contributed by atoms with Gasteiger partial charge in [-0.3, -0.25) is 0 Å². The minimum atomic E-state index is -4.53. The van der Waals surface area contributed by atoms with Crippen LogP contribution in [-0.4, -0.2) is 47.1 Å². The SMILES string of the molecule is CN(C)CCc1c[nH]c2cccc(OCOP(=O)(O)O)c12. The van der Waals surface area contributed by atoms with Crippen LogP contribution in [0.1, 0.15) is 5.56 Å². The highest BCUT2D eigenvalue weighted by Crippen LogP contribution is 2.36. The molecule has 8 heteroatoms. The summed E-state index contributed by atoms with van der Waals surface area (Å²) in [6.07, 6.45) is 2.76. The summed E-state index contributed by atoms with van der Waals surface area (Å²) in [6, 6.07) is 5.48. The van der Waals surface area contributed by atoms with Crippen molar-refractivity contribution >= 4 is 18.7 Å². The molecule has 3 N–H and O–H groups in total. The van der Waals surface area contributed by atoms with E-state index < -0.39 is 14.6 Å². The van der Waals surface area contributed by atoms with E-state index in [0.717, 1.165) is 29.4 Å². The highest BCUT2D eigenvalue weighted by molar-refractivity contribution is 7.46. The Bertz CT molecular complexity index is 649. The van der Waals surface area contributed by atoms with Crippen molar-refractivity contribution in [1.82, 2.24) is 9.88 Å². The number of nitrogens with zero attached hydrogens (tertiary/aromatic N) is 1. The predicted molar refractivity (Wildman–Crippen MR) is 79.2 cm³/mol. The maximum atomic E-state index is 10.7. The van der Waals surface area contributed by atoms with Gasteiger partial charge in [-0.2, -0.15) is 0 Å². The molecule has 0 amide bonds. The standard InChI is InChI=1S/C13H19N2O5P/c1-15(2)7-6-10-8-14-11-4-3-5-12(13(10)11)19-9-20-21(16,17)18/h3-5,8,14H,6-7,9H2,1-2H3,(H2,16,17,18). The quantitative estimate of drug-likeness (QED) is 0.532. The van der Waals surface area contributed by atoms with Gasteiger partial charge in [-0.25, -0.2) is 9.09 Å². The van der Waals surface area contributed by atoms with E-state index in [9.17, 15) is 4.57 Å². The fourth-order valence-electron chi connectivity index (χ4n) is 2.04. The van der Waals surface area contributed by atoms with Crippen molar-refractivity contribution in [2.24, 2.45) is 0 Å². The Kier molecular flexibility index (Phi) is 5.03. The molecule has 0 saturated heterocycles. The van der Waals surface area contributed by atoms with Crippen LogP contribution in [-0.2, 0) is 15.5 Å². The van der Waals surface area contributed by atoms with E-state index >= 15 is 0 Å². The molecule has 2 rings (SSSR count). The van der Waals surface area contributed by atoms with Gasteiger partial charge in [0.1, 0.15) is 5.75 Å². The van der Waals surface area contributed by atoms with E-state index in [1.807, 2.05) is 26.4 Å². The Morgan fingerprint density at radius 3 is 2.76 bits per heavy atom. The van der Waals surface area contributed by atoms with Gasteiger partial charge in [0, 0.05) is 23.6 Å². The van der Waals surface area contributed by atoms with Crippen molar-refractivity contribution < 1.29 is 23.6 Å². The first-order valence-corrected chi connectivity index (χ1v) is 7.96. The summed E-state index contributed by atoms with van der Waals surface area (Å²) in [4.78, 5) is 22.6. The highest BCUT2D eigenvalue weighted by atomic mass is 31.2. The maximum Gasteiger partial charge on any atom is 0.472 e. The fraction of sp³-hybridized carbons (Fsp3) is 0.385. The number of H-pyrrole nitrogens is 1. The molecule has 1 aromatic heterocycles. The molecule has 0 aliphatic carbocycles. The van der Waals surface area contributed by atoms with Gasteiger partial charge >= 0.3 is 7.82 Å². The lowest BCUT2D eigenvalue weighted by Gasteiger charge is -2.11. The zero-order valence-corrected chi connectivity index (χ0v) is 12.8. The molecule has 0 unspecified atom stereocenters. The zero-order chi connectivity index (χ0) is 15.5. The smallest absolute Gasteiger partial charge is 0.466 e. The molecule has 0 atom stereocenters. The number of hydrogen-bond donors (Lipinski definition) is 3. The van der Waals surface area contributed by atoms with Crippen molar-refractivity contribution in [2.75, 3.05) is 27.4 Å². The van der Waals surface area contributed by atoms with Crippen molar-refractivity contribution in [1.29, 1.82) is 0 Å². The molecule has 1 aromatic carbocycles. The summed E-state index contributed by atoms with van der Waals surface area (Å²) >= 11 is 0. The molecule has 0 spiro atoms. The molecule has 116 valence electrons. The molecule has 0 saturated carbocycles. The van der Waals surface area contributed by atoms with Gasteiger partial charge in [0.15, 0.2) is 6.79 Å². The monoisotopic (exact) mass is 314 g/mol. The van der Waals surface area contributed by atoms with E-state index in [4.69, 9.17) is 14.5 Å². The number of phosphoric ester groups is 1. The number of phosphoric acid groups is 1. The Morgan fingerprint density at radius 1 is 1.33 bits per heavy atom. The molecule has 2 aromatic rings. The number of fused-ring (bicyclic) bond motifs is 1. The Morgan fingerprint density at radius 2 is 2.10 bits per heavy atom. The number of rotatable bonds is 7. The second-order valence-corrected chi connectivity index (χ2v) is 6.17. The van der Waals surface area contributed by atoms with E-state index in [1.54, 1.807) is 12.1 Å². The molecule has 0 aliphatic heterocycles. The first-order chi connectivity index (χ1) is 9.87. The number of likely N-dealkylation sites (N-methyl/N-ethyl adjacent to an activating group) is 1. The summed E-state index contributed by atoms with van der Waals surface area (Å²) in [5.74, 6) is 0.538. The number of nitrogens with one attached hydrogen (secondary N) is 1. The predicted octanol–water partition coefficient (Wildman–Crippen LogP) is 1.72. The summed E-state index contributed by atoms with van der Waals surface area (Å²) in [7, 11) is -0.525. The third-order valence-corrected chi connectivity index (χ3v) is 3.45. The lowest BCUT2D eigenvalue weighted by atomic mass is 10.1. The Labute approximate surface area is 122 Å². The van der Waals surface area contributed by atoms with Crippen LogP contribution in [0.5, 0.6) is 5.75 Å². The van der Waals surface area contributed by atoms with Crippen LogP contribution in [0.15, 0.2) is 24.4 Å². The number of hydrogen-bond acceptors (Lipinski definition) is 4. The summed E-state index contributed by atoms with van der Waals surface area (Å²) in [5.41, 5.74) is 2.00. The minimum Gasteiger partial charge on any atom is -0.466 e. The molecule has 1 heterocycles. The van der Waals surface area contributed by atoms with Crippen LogP contribution in [0.4, 0.5) is 0 Å². The third kappa shape index (κ3) is 4.56. The number of benzene rings is 1. The van der Waals surface area contributed by atoms with Gasteiger partial charge in [0.25, 0.3) is 0 Å². The van der Waals surface area contributed by atoms with Crippen molar-refractivity contribution in [3.05, 3.63) is 30.0 Å². The molecule has 21 heavy (non-hydrogen) atoms. The van der Waals surface area contributed by atoms with E-state index in [1.165, 1.54) is 0 Å². The molecule has 0 aliphatic rings. The van der Waals surface area contributed by atoms with Crippen LogP contribution in [0.3, 0.4) is 0 Å². The molecular formula is C13H19N2O5P. The molecule has 0 fully saturated rings. The van der Waals surface area contributed by atoms with Gasteiger partial charge < -0.3 is 24.4 Å². The van der Waals surface area contributed by atoms with Crippen LogP contribution in [0.2, 0.25) is 0 Å². The number of aromatic nitrogens is 1. The van der Waals surface area contributed by atoms with Crippen LogP contribution in [0, 0.1) is 0 Å². The zero-order valence-electron chi connectivity index (χ0n) is 11.9. The van der Waals surface area contributed by atoms with Gasteiger partial charge in [0.05, 0.1) is 0 Å². The average Bonchev–Trinajstić information content (AvgIpc) is 2.79. The average molecular weight is 314 g/mol. The van der Waals surface area contributed by atoms with Crippen LogP contribution < -0.4 is 4.74 Å². The third-order valence-electron chi connectivity index (χ3n) is 3.01. The summed E-state index contributed by atoms with van der Waals surface area (Å²) in [6.45, 7) is 0.391. The normalized spacial score (nSPS) is 12.2. The highest BCUT2D eigenvalue weighted by Gasteiger charge is 2.15. The summed E-state index contributed by atoms with van der Waals surface area (Å²) < 4.78 is 20.3. The van der Waals surface area contributed by atoms with E-state index in [0.29, 0.717) is 5.75 Å². The lowest BCUT2D eigenvalue weighted by molar-refractivity contribution is 0.0840.